The molecule has 0 saturated carbocycles. The second-order valence-corrected chi connectivity index (χ2v) is 4.67. The Morgan fingerprint density at radius 3 is 2.71 bits per heavy atom. The lowest BCUT2D eigenvalue weighted by atomic mass is 9.95. The summed E-state index contributed by atoms with van der Waals surface area (Å²) in [7, 11) is 2.17. The predicted molar refractivity (Wildman–Crippen MR) is 69.2 cm³/mol. The smallest absolute Gasteiger partial charge is 0.0943 e. The molecule has 88 valence electrons. The minimum Gasteiger partial charge on any atom is -0.299 e. The van der Waals surface area contributed by atoms with Gasteiger partial charge in [-0.2, -0.15) is 5.26 Å². The SMILES string of the molecule is CN(Cc1ccccc1)C1CC=C(C#N)CC1. The molecule has 1 unspecified atom stereocenters. The summed E-state index contributed by atoms with van der Waals surface area (Å²) in [6.07, 6.45) is 5.13. The van der Waals surface area contributed by atoms with Gasteiger partial charge in [0.2, 0.25) is 0 Å². The third-order valence-electron chi connectivity index (χ3n) is 3.42. The molecule has 0 spiro atoms. The zero-order chi connectivity index (χ0) is 12.1. The molecule has 0 aromatic heterocycles. The average Bonchev–Trinajstić information content (AvgIpc) is 2.40. The Morgan fingerprint density at radius 2 is 2.12 bits per heavy atom. The zero-order valence-electron chi connectivity index (χ0n) is 10.3. The van der Waals surface area contributed by atoms with Crippen LogP contribution in [0.5, 0.6) is 0 Å². The number of nitriles is 1. The van der Waals surface area contributed by atoms with Gasteiger partial charge in [-0.1, -0.05) is 36.4 Å². The average molecular weight is 226 g/mol. The topological polar surface area (TPSA) is 27.0 Å². The first kappa shape index (κ1) is 11.9. The van der Waals surface area contributed by atoms with Crippen LogP contribution in [-0.4, -0.2) is 18.0 Å². The largest absolute Gasteiger partial charge is 0.299 e. The molecule has 0 radical (unpaired) electrons. The minimum absolute atomic E-state index is 0.576. The van der Waals surface area contributed by atoms with Gasteiger partial charge in [-0.3, -0.25) is 4.90 Å². The van der Waals surface area contributed by atoms with E-state index in [0.29, 0.717) is 6.04 Å². The summed E-state index contributed by atoms with van der Waals surface area (Å²) < 4.78 is 0. The van der Waals surface area contributed by atoms with Crippen molar-refractivity contribution in [2.45, 2.75) is 31.8 Å². The molecule has 1 aliphatic rings. The molecule has 0 N–H and O–H groups in total. The summed E-state index contributed by atoms with van der Waals surface area (Å²) in [4.78, 5) is 2.39. The third-order valence-corrected chi connectivity index (χ3v) is 3.42. The highest BCUT2D eigenvalue weighted by Gasteiger charge is 2.18. The van der Waals surface area contributed by atoms with Crippen molar-refractivity contribution in [2.24, 2.45) is 0 Å². The number of hydrogen-bond donors (Lipinski definition) is 0. The van der Waals surface area contributed by atoms with Crippen molar-refractivity contribution in [3.8, 4) is 6.07 Å². The van der Waals surface area contributed by atoms with Crippen LogP contribution in [0.25, 0.3) is 0 Å². The van der Waals surface area contributed by atoms with Crippen molar-refractivity contribution < 1.29 is 0 Å². The van der Waals surface area contributed by atoms with Crippen LogP contribution in [0.3, 0.4) is 0 Å². The van der Waals surface area contributed by atoms with Crippen LogP contribution in [0.2, 0.25) is 0 Å². The van der Waals surface area contributed by atoms with E-state index < -0.39 is 0 Å². The summed E-state index contributed by atoms with van der Waals surface area (Å²) in [5.41, 5.74) is 2.31. The van der Waals surface area contributed by atoms with E-state index in [1.807, 2.05) is 6.07 Å². The number of hydrogen-bond acceptors (Lipinski definition) is 2. The fraction of sp³-hybridized carbons (Fsp3) is 0.400. The molecule has 0 saturated heterocycles. The minimum atomic E-state index is 0.576. The molecule has 0 heterocycles. The highest BCUT2D eigenvalue weighted by Crippen LogP contribution is 2.22. The molecule has 2 rings (SSSR count). The Hall–Kier alpha value is -1.59. The van der Waals surface area contributed by atoms with Gasteiger partial charge in [-0.15, -0.1) is 0 Å². The number of allylic oxidation sites excluding steroid dienone is 1. The Morgan fingerprint density at radius 1 is 1.35 bits per heavy atom. The van der Waals surface area contributed by atoms with Crippen LogP contribution in [0.4, 0.5) is 0 Å². The van der Waals surface area contributed by atoms with Crippen LogP contribution < -0.4 is 0 Å². The summed E-state index contributed by atoms with van der Waals surface area (Å²) in [6.45, 7) is 0.987. The monoisotopic (exact) mass is 226 g/mol. The van der Waals surface area contributed by atoms with Gasteiger partial charge in [0, 0.05) is 18.2 Å². The lowest BCUT2D eigenvalue weighted by Crippen LogP contribution is -2.32. The van der Waals surface area contributed by atoms with E-state index in [0.717, 1.165) is 31.4 Å². The molecule has 17 heavy (non-hydrogen) atoms. The first-order valence-electron chi connectivity index (χ1n) is 6.13. The summed E-state index contributed by atoms with van der Waals surface area (Å²) in [6, 6.07) is 13.4. The van der Waals surface area contributed by atoms with E-state index in [4.69, 9.17) is 5.26 Å². The van der Waals surface area contributed by atoms with Gasteiger partial charge in [-0.05, 0) is 31.9 Å². The molecular weight excluding hydrogens is 208 g/mol. The second kappa shape index (κ2) is 5.65. The van der Waals surface area contributed by atoms with E-state index in [-0.39, 0.29) is 0 Å². The number of rotatable bonds is 3. The van der Waals surface area contributed by atoms with Crippen molar-refractivity contribution in [1.29, 1.82) is 5.26 Å². The van der Waals surface area contributed by atoms with Gasteiger partial charge in [0.25, 0.3) is 0 Å². The van der Waals surface area contributed by atoms with Crippen molar-refractivity contribution in [3.05, 3.63) is 47.5 Å². The summed E-state index contributed by atoms with van der Waals surface area (Å²) >= 11 is 0. The van der Waals surface area contributed by atoms with E-state index in [1.165, 1.54) is 5.56 Å². The lowest BCUT2D eigenvalue weighted by Gasteiger charge is -2.29. The molecule has 0 fully saturated rings. The van der Waals surface area contributed by atoms with Gasteiger partial charge in [0.15, 0.2) is 0 Å². The molecule has 1 aliphatic carbocycles. The number of benzene rings is 1. The summed E-state index contributed by atoms with van der Waals surface area (Å²) in [5.74, 6) is 0. The molecule has 0 bridgehead atoms. The van der Waals surface area contributed by atoms with Gasteiger partial charge < -0.3 is 0 Å². The summed E-state index contributed by atoms with van der Waals surface area (Å²) in [5, 5.41) is 8.82. The van der Waals surface area contributed by atoms with Crippen molar-refractivity contribution in [2.75, 3.05) is 7.05 Å². The van der Waals surface area contributed by atoms with E-state index in [1.54, 1.807) is 0 Å². The van der Waals surface area contributed by atoms with Crippen LogP contribution in [0.1, 0.15) is 24.8 Å². The molecule has 0 aliphatic heterocycles. The van der Waals surface area contributed by atoms with Crippen LogP contribution in [0, 0.1) is 11.3 Å². The molecule has 2 heteroatoms. The maximum Gasteiger partial charge on any atom is 0.0943 e. The molecule has 1 atom stereocenters. The zero-order valence-corrected chi connectivity index (χ0v) is 10.3. The normalized spacial score (nSPS) is 19.8. The van der Waals surface area contributed by atoms with Crippen LogP contribution in [-0.2, 0) is 6.54 Å². The van der Waals surface area contributed by atoms with Crippen LogP contribution in [0.15, 0.2) is 42.0 Å². The van der Waals surface area contributed by atoms with Crippen molar-refractivity contribution in [1.82, 2.24) is 4.90 Å². The molecule has 0 amide bonds. The highest BCUT2D eigenvalue weighted by atomic mass is 15.1. The van der Waals surface area contributed by atoms with Gasteiger partial charge in [-0.25, -0.2) is 0 Å². The maximum atomic E-state index is 8.82. The highest BCUT2D eigenvalue weighted by molar-refractivity contribution is 5.23. The predicted octanol–water partition coefficient (Wildman–Crippen LogP) is 3.12. The van der Waals surface area contributed by atoms with E-state index >= 15 is 0 Å². The van der Waals surface area contributed by atoms with Gasteiger partial charge in [0.1, 0.15) is 0 Å². The van der Waals surface area contributed by atoms with E-state index in [9.17, 15) is 0 Å². The lowest BCUT2D eigenvalue weighted by molar-refractivity contribution is 0.218. The van der Waals surface area contributed by atoms with Gasteiger partial charge in [0.05, 0.1) is 6.07 Å². The fourth-order valence-corrected chi connectivity index (χ4v) is 2.32. The number of nitrogens with zero attached hydrogens (tertiary/aromatic N) is 2. The quantitative estimate of drug-likeness (QED) is 0.791. The molecule has 1 aromatic rings. The second-order valence-electron chi connectivity index (χ2n) is 4.67. The van der Waals surface area contributed by atoms with Crippen LogP contribution >= 0.6 is 0 Å². The third kappa shape index (κ3) is 3.18. The first-order chi connectivity index (χ1) is 8.29. The Kier molecular flexibility index (Phi) is 3.95. The fourth-order valence-electron chi connectivity index (χ4n) is 2.32. The molecule has 2 nitrogen and oxygen atoms in total. The molecular formula is C15H18N2. The maximum absolute atomic E-state index is 8.82. The Labute approximate surface area is 103 Å². The Balaban J connectivity index is 1.92. The standard InChI is InChI=1S/C15H18N2/c1-17(12-14-5-3-2-4-6-14)15-9-7-13(11-16)8-10-15/h2-7,15H,8-10,12H2,1H3. The van der Waals surface area contributed by atoms with Crippen molar-refractivity contribution >= 4 is 0 Å². The van der Waals surface area contributed by atoms with Crippen molar-refractivity contribution in [3.63, 3.8) is 0 Å². The van der Waals surface area contributed by atoms with Gasteiger partial charge >= 0.3 is 0 Å². The van der Waals surface area contributed by atoms with E-state index in [2.05, 4.69) is 48.4 Å². The Bertz CT molecular complexity index is 428. The first-order valence-corrected chi connectivity index (χ1v) is 6.13. The molecule has 1 aromatic carbocycles.